The molecular formula is C12H17N3O. The molecule has 2 rings (SSSR count). The van der Waals surface area contributed by atoms with Crippen molar-refractivity contribution in [1.82, 2.24) is 5.43 Å². The van der Waals surface area contributed by atoms with E-state index < -0.39 is 0 Å². The van der Waals surface area contributed by atoms with Crippen LogP contribution in [0.5, 0.6) is 0 Å². The molecule has 4 heteroatoms. The molecule has 1 saturated heterocycles. The van der Waals surface area contributed by atoms with Gasteiger partial charge in [0.15, 0.2) is 0 Å². The van der Waals surface area contributed by atoms with Crippen LogP contribution in [-0.4, -0.2) is 11.9 Å². The minimum absolute atomic E-state index is 0.114. The Morgan fingerprint density at radius 2 is 2.00 bits per heavy atom. The Kier molecular flexibility index (Phi) is 2.83. The first kappa shape index (κ1) is 11.0. The second-order valence-electron chi connectivity index (χ2n) is 4.50. The van der Waals surface area contributed by atoms with Crippen LogP contribution in [0, 0.1) is 5.92 Å². The molecule has 0 spiro atoms. The van der Waals surface area contributed by atoms with Crippen molar-refractivity contribution in [3.8, 4) is 0 Å². The van der Waals surface area contributed by atoms with E-state index in [-0.39, 0.29) is 11.9 Å². The van der Waals surface area contributed by atoms with E-state index in [0.717, 1.165) is 5.69 Å². The quantitative estimate of drug-likeness (QED) is 0.742. The molecule has 16 heavy (non-hydrogen) atoms. The lowest BCUT2D eigenvalue weighted by atomic mass is 10.0. The van der Waals surface area contributed by atoms with Gasteiger partial charge in [-0.05, 0) is 30.2 Å². The van der Waals surface area contributed by atoms with Crippen molar-refractivity contribution in [2.24, 2.45) is 5.92 Å². The maximum Gasteiger partial charge on any atom is 0.243 e. The summed E-state index contributed by atoms with van der Waals surface area (Å²) in [4.78, 5) is 11.8. The predicted octanol–water partition coefficient (Wildman–Crippen LogP) is 1.53. The van der Waals surface area contributed by atoms with Crippen LogP contribution < -0.4 is 16.2 Å². The molecular weight excluding hydrogens is 202 g/mol. The lowest BCUT2D eigenvalue weighted by Crippen LogP contribution is -2.39. The van der Waals surface area contributed by atoms with Crippen molar-refractivity contribution in [3.05, 3.63) is 24.3 Å². The number of carbonyl (C=O) groups is 1. The second-order valence-corrected chi connectivity index (χ2v) is 4.50. The van der Waals surface area contributed by atoms with Crippen LogP contribution in [0.2, 0.25) is 0 Å². The van der Waals surface area contributed by atoms with Crippen molar-refractivity contribution < 1.29 is 4.79 Å². The van der Waals surface area contributed by atoms with Crippen molar-refractivity contribution in [2.75, 3.05) is 10.7 Å². The van der Waals surface area contributed by atoms with E-state index in [0.29, 0.717) is 18.0 Å². The summed E-state index contributed by atoms with van der Waals surface area (Å²) >= 11 is 0. The number of rotatable bonds is 2. The van der Waals surface area contributed by atoms with E-state index in [1.54, 1.807) is 17.1 Å². The van der Waals surface area contributed by atoms with Crippen LogP contribution in [0.15, 0.2) is 24.3 Å². The van der Waals surface area contributed by atoms with Gasteiger partial charge in [-0.1, -0.05) is 13.8 Å². The van der Waals surface area contributed by atoms with Gasteiger partial charge in [0.05, 0.1) is 5.69 Å². The number of carbonyl (C=O) groups excluding carboxylic acids is 1. The van der Waals surface area contributed by atoms with Gasteiger partial charge in [0.25, 0.3) is 0 Å². The highest BCUT2D eigenvalue weighted by Crippen LogP contribution is 2.22. The number of nitrogens with two attached hydrogens (primary N) is 1. The number of hydrogen-bond acceptors (Lipinski definition) is 3. The molecule has 1 aromatic rings. The minimum atomic E-state index is 0.114. The zero-order valence-electron chi connectivity index (χ0n) is 9.60. The average molecular weight is 219 g/mol. The first-order valence-electron chi connectivity index (χ1n) is 5.52. The lowest BCUT2D eigenvalue weighted by Gasteiger charge is -2.19. The molecule has 1 fully saturated rings. The van der Waals surface area contributed by atoms with Gasteiger partial charge in [-0.15, -0.1) is 0 Å². The third-order valence-corrected chi connectivity index (χ3v) is 2.89. The van der Waals surface area contributed by atoms with Crippen LogP contribution >= 0.6 is 0 Å². The van der Waals surface area contributed by atoms with E-state index >= 15 is 0 Å². The van der Waals surface area contributed by atoms with Gasteiger partial charge in [0.2, 0.25) is 5.91 Å². The van der Waals surface area contributed by atoms with Gasteiger partial charge in [0, 0.05) is 18.2 Å². The van der Waals surface area contributed by atoms with Gasteiger partial charge in [0.1, 0.15) is 0 Å². The molecule has 1 heterocycles. The van der Waals surface area contributed by atoms with Gasteiger partial charge in [-0.25, -0.2) is 10.4 Å². The van der Waals surface area contributed by atoms with Crippen LogP contribution in [0.1, 0.15) is 20.3 Å². The summed E-state index contributed by atoms with van der Waals surface area (Å²) in [6, 6.07) is 7.52. The van der Waals surface area contributed by atoms with Crippen molar-refractivity contribution in [3.63, 3.8) is 0 Å². The van der Waals surface area contributed by atoms with Crippen LogP contribution in [0.25, 0.3) is 0 Å². The fraction of sp³-hybridized carbons (Fsp3) is 0.417. The first-order valence-corrected chi connectivity index (χ1v) is 5.52. The number of anilines is 2. The standard InChI is InChI=1S/C12H17N3O/c1-8(2)11-7-12(16)15(14-11)10-5-3-9(13)4-6-10/h3-6,8,11,14H,7,13H2,1-2H3. The van der Waals surface area contributed by atoms with Crippen molar-refractivity contribution in [2.45, 2.75) is 26.3 Å². The summed E-state index contributed by atoms with van der Waals surface area (Å²) in [7, 11) is 0. The number of nitrogens with zero attached hydrogens (tertiary/aromatic N) is 1. The van der Waals surface area contributed by atoms with Gasteiger partial charge in [-0.2, -0.15) is 0 Å². The van der Waals surface area contributed by atoms with E-state index in [4.69, 9.17) is 5.73 Å². The van der Waals surface area contributed by atoms with Crippen LogP contribution in [0.3, 0.4) is 0 Å². The molecule has 0 bridgehead atoms. The molecule has 0 aliphatic carbocycles. The van der Waals surface area contributed by atoms with E-state index in [1.807, 2.05) is 12.1 Å². The Morgan fingerprint density at radius 3 is 2.50 bits per heavy atom. The van der Waals surface area contributed by atoms with Gasteiger partial charge in [-0.3, -0.25) is 4.79 Å². The Labute approximate surface area is 95.4 Å². The molecule has 1 aromatic carbocycles. The van der Waals surface area contributed by atoms with Crippen molar-refractivity contribution >= 4 is 17.3 Å². The zero-order chi connectivity index (χ0) is 11.7. The predicted molar refractivity (Wildman–Crippen MR) is 64.7 cm³/mol. The molecule has 1 aliphatic heterocycles. The summed E-state index contributed by atoms with van der Waals surface area (Å²) in [5.41, 5.74) is 10.4. The normalized spacial score (nSPS) is 20.8. The average Bonchev–Trinajstić information content (AvgIpc) is 2.62. The monoisotopic (exact) mass is 219 g/mol. The van der Waals surface area contributed by atoms with E-state index in [1.165, 1.54) is 0 Å². The van der Waals surface area contributed by atoms with Gasteiger partial charge >= 0.3 is 0 Å². The molecule has 1 unspecified atom stereocenters. The van der Waals surface area contributed by atoms with Crippen LogP contribution in [0.4, 0.5) is 11.4 Å². The Bertz CT molecular complexity index is 386. The highest BCUT2D eigenvalue weighted by molar-refractivity contribution is 5.95. The van der Waals surface area contributed by atoms with E-state index in [9.17, 15) is 4.79 Å². The minimum Gasteiger partial charge on any atom is -0.399 e. The van der Waals surface area contributed by atoms with Crippen LogP contribution in [-0.2, 0) is 4.79 Å². The van der Waals surface area contributed by atoms with E-state index in [2.05, 4.69) is 19.3 Å². The molecule has 0 saturated carbocycles. The number of nitrogen functional groups attached to an aromatic ring is 1. The summed E-state index contributed by atoms with van der Waals surface area (Å²) in [5, 5.41) is 1.62. The molecule has 0 radical (unpaired) electrons. The van der Waals surface area contributed by atoms with Gasteiger partial charge < -0.3 is 5.73 Å². The lowest BCUT2D eigenvalue weighted by molar-refractivity contribution is -0.117. The number of amides is 1. The Balaban J connectivity index is 2.16. The fourth-order valence-corrected chi connectivity index (χ4v) is 1.79. The zero-order valence-corrected chi connectivity index (χ0v) is 9.60. The summed E-state index contributed by atoms with van der Waals surface area (Å²) in [5.74, 6) is 0.561. The largest absolute Gasteiger partial charge is 0.399 e. The fourth-order valence-electron chi connectivity index (χ4n) is 1.79. The molecule has 1 aliphatic rings. The highest BCUT2D eigenvalue weighted by atomic mass is 16.2. The Hall–Kier alpha value is -1.55. The van der Waals surface area contributed by atoms with Crippen molar-refractivity contribution in [1.29, 1.82) is 0 Å². The third-order valence-electron chi connectivity index (χ3n) is 2.89. The second kappa shape index (κ2) is 4.14. The molecule has 4 nitrogen and oxygen atoms in total. The summed E-state index contributed by atoms with van der Waals surface area (Å²) in [6.07, 6.45) is 0.558. The smallest absolute Gasteiger partial charge is 0.243 e. The molecule has 3 N–H and O–H groups in total. The molecule has 1 atom stereocenters. The number of hydrogen-bond donors (Lipinski definition) is 2. The molecule has 1 amide bonds. The summed E-state index contributed by atoms with van der Waals surface area (Å²) < 4.78 is 0. The first-order chi connectivity index (χ1) is 7.58. The highest BCUT2D eigenvalue weighted by Gasteiger charge is 2.31. The third kappa shape index (κ3) is 2.02. The molecule has 0 aromatic heterocycles. The topological polar surface area (TPSA) is 58.4 Å². The maximum atomic E-state index is 11.8. The summed E-state index contributed by atoms with van der Waals surface area (Å²) in [6.45, 7) is 4.22. The Morgan fingerprint density at radius 1 is 1.38 bits per heavy atom. The maximum absolute atomic E-state index is 11.8. The SMILES string of the molecule is CC(C)C1CC(=O)N(c2ccc(N)cc2)N1. The molecule has 86 valence electrons. The number of nitrogens with one attached hydrogen (secondary N) is 1. The number of hydrazine groups is 1. The number of benzene rings is 1.